The molecule has 0 bridgehead atoms. The lowest BCUT2D eigenvalue weighted by molar-refractivity contribution is -0.148. The van der Waals surface area contributed by atoms with Gasteiger partial charge in [0.25, 0.3) is 0 Å². The van der Waals surface area contributed by atoms with Crippen LogP contribution in [0.3, 0.4) is 0 Å². The minimum absolute atomic E-state index is 0.123. The van der Waals surface area contributed by atoms with Gasteiger partial charge in [-0.15, -0.1) is 0 Å². The topological polar surface area (TPSA) is 66.4 Å². The van der Waals surface area contributed by atoms with E-state index in [-0.39, 0.29) is 11.8 Å². The van der Waals surface area contributed by atoms with Crippen LogP contribution in [0.1, 0.15) is 52.0 Å². The van der Waals surface area contributed by atoms with Gasteiger partial charge in [-0.05, 0) is 25.3 Å². The van der Waals surface area contributed by atoms with Crippen LogP contribution in [0.15, 0.2) is 30.3 Å². The molecule has 0 radical (unpaired) electrons. The number of nitrogens with one attached hydrogen (secondary N) is 1. The molecule has 1 unspecified atom stereocenters. The summed E-state index contributed by atoms with van der Waals surface area (Å²) < 4.78 is 0. The predicted octanol–water partition coefficient (Wildman–Crippen LogP) is 3.32. The Morgan fingerprint density at radius 2 is 1.67 bits per heavy atom. The summed E-state index contributed by atoms with van der Waals surface area (Å²) in [5, 5.41) is 12.3. The Kier molecular flexibility index (Phi) is 6.40. The van der Waals surface area contributed by atoms with Crippen molar-refractivity contribution >= 4 is 11.9 Å². The fourth-order valence-electron chi connectivity index (χ4n) is 2.47. The third-order valence-electron chi connectivity index (χ3n) is 3.80. The number of amides is 1. The molecule has 0 aliphatic carbocycles. The molecule has 21 heavy (non-hydrogen) atoms. The Morgan fingerprint density at radius 1 is 1.14 bits per heavy atom. The van der Waals surface area contributed by atoms with E-state index in [1.807, 2.05) is 19.9 Å². The van der Waals surface area contributed by atoms with Gasteiger partial charge in [0, 0.05) is 5.92 Å². The van der Waals surface area contributed by atoms with Gasteiger partial charge in [0.05, 0.1) is 0 Å². The summed E-state index contributed by atoms with van der Waals surface area (Å²) in [7, 11) is 0. The fraction of sp³-hybridized carbons (Fsp3) is 0.529. The second-order valence-corrected chi connectivity index (χ2v) is 5.56. The first kappa shape index (κ1) is 17.2. The number of rotatable bonds is 8. The first-order valence-electron chi connectivity index (χ1n) is 7.56. The molecule has 1 rings (SSSR count). The third-order valence-corrected chi connectivity index (χ3v) is 3.80. The van der Waals surface area contributed by atoms with E-state index in [2.05, 4.69) is 5.32 Å². The van der Waals surface area contributed by atoms with Crippen molar-refractivity contribution in [3.05, 3.63) is 35.9 Å². The maximum Gasteiger partial charge on any atom is 0.333 e. The first-order valence-corrected chi connectivity index (χ1v) is 7.56. The van der Waals surface area contributed by atoms with E-state index in [0.717, 1.165) is 25.7 Å². The lowest BCUT2D eigenvalue weighted by Crippen LogP contribution is -2.51. The lowest BCUT2D eigenvalue weighted by Gasteiger charge is -2.29. The van der Waals surface area contributed by atoms with Crippen molar-refractivity contribution in [1.82, 2.24) is 5.32 Å². The number of carbonyl (C=O) groups excluding carboxylic acids is 1. The number of carboxylic acid groups (broad SMARTS) is 1. The smallest absolute Gasteiger partial charge is 0.333 e. The van der Waals surface area contributed by atoms with Gasteiger partial charge in [0.1, 0.15) is 0 Å². The maximum atomic E-state index is 12.4. The third kappa shape index (κ3) is 4.31. The average Bonchev–Trinajstić information content (AvgIpc) is 2.47. The predicted molar refractivity (Wildman–Crippen MR) is 82.9 cm³/mol. The number of benzene rings is 1. The van der Waals surface area contributed by atoms with E-state index in [1.165, 1.54) is 6.92 Å². The number of carboxylic acids is 1. The van der Waals surface area contributed by atoms with Crippen molar-refractivity contribution < 1.29 is 14.7 Å². The molecular formula is C17H25NO3. The molecule has 0 saturated carbocycles. The summed E-state index contributed by atoms with van der Waals surface area (Å²) in [6, 6.07) is 8.83. The van der Waals surface area contributed by atoms with Crippen molar-refractivity contribution in [1.29, 1.82) is 0 Å². The molecule has 0 saturated heterocycles. The minimum Gasteiger partial charge on any atom is -0.479 e. The van der Waals surface area contributed by atoms with Gasteiger partial charge in [-0.1, -0.05) is 57.0 Å². The van der Waals surface area contributed by atoms with Gasteiger partial charge in [0.2, 0.25) is 5.91 Å². The molecule has 116 valence electrons. The fourth-order valence-corrected chi connectivity index (χ4v) is 2.47. The van der Waals surface area contributed by atoms with E-state index in [0.29, 0.717) is 5.56 Å². The minimum atomic E-state index is -1.39. The van der Waals surface area contributed by atoms with Crippen molar-refractivity contribution in [2.75, 3.05) is 0 Å². The zero-order valence-electron chi connectivity index (χ0n) is 13.1. The SMILES string of the molecule is CCCC(CCC)C(=O)NC(C)(C(=O)O)c1ccccc1. The largest absolute Gasteiger partial charge is 0.479 e. The van der Waals surface area contributed by atoms with Gasteiger partial charge in [0.15, 0.2) is 5.54 Å². The van der Waals surface area contributed by atoms with Crippen LogP contribution in [-0.4, -0.2) is 17.0 Å². The van der Waals surface area contributed by atoms with E-state index in [1.54, 1.807) is 24.3 Å². The highest BCUT2D eigenvalue weighted by Gasteiger charge is 2.38. The Morgan fingerprint density at radius 3 is 2.10 bits per heavy atom. The molecule has 4 heteroatoms. The summed E-state index contributed by atoms with van der Waals surface area (Å²) in [6.45, 7) is 5.60. The zero-order chi connectivity index (χ0) is 15.9. The van der Waals surface area contributed by atoms with Crippen LogP contribution in [0.25, 0.3) is 0 Å². The molecule has 0 heterocycles. The van der Waals surface area contributed by atoms with Crippen LogP contribution in [0.4, 0.5) is 0 Å². The summed E-state index contributed by atoms with van der Waals surface area (Å²) in [6.07, 6.45) is 3.38. The molecule has 0 spiro atoms. The molecule has 4 nitrogen and oxygen atoms in total. The van der Waals surface area contributed by atoms with E-state index < -0.39 is 11.5 Å². The number of aliphatic carboxylic acids is 1. The monoisotopic (exact) mass is 291 g/mol. The molecule has 0 aliphatic rings. The first-order chi connectivity index (χ1) is 9.95. The molecule has 1 amide bonds. The quantitative estimate of drug-likeness (QED) is 0.772. The van der Waals surface area contributed by atoms with Gasteiger partial charge >= 0.3 is 5.97 Å². The van der Waals surface area contributed by atoms with Crippen LogP contribution in [-0.2, 0) is 15.1 Å². The number of carbonyl (C=O) groups is 2. The second kappa shape index (κ2) is 7.81. The Labute approximate surface area is 126 Å². The zero-order valence-corrected chi connectivity index (χ0v) is 13.1. The second-order valence-electron chi connectivity index (χ2n) is 5.56. The van der Waals surface area contributed by atoms with Gasteiger partial charge in [-0.3, -0.25) is 4.79 Å². The van der Waals surface area contributed by atoms with Crippen molar-refractivity contribution in [2.45, 2.75) is 52.0 Å². The standard InChI is InChI=1S/C17H25NO3/c1-4-9-13(10-5-2)15(19)18-17(3,16(20)21)14-11-7-6-8-12-14/h6-8,11-13H,4-5,9-10H2,1-3H3,(H,18,19)(H,20,21). The average molecular weight is 291 g/mol. The van der Waals surface area contributed by atoms with Gasteiger partial charge < -0.3 is 10.4 Å². The number of hydrogen-bond acceptors (Lipinski definition) is 2. The molecule has 1 aromatic rings. The Hall–Kier alpha value is -1.84. The molecular weight excluding hydrogens is 266 g/mol. The summed E-state index contributed by atoms with van der Waals surface area (Å²) in [5.41, 5.74) is -0.810. The normalized spacial score (nSPS) is 13.7. The summed E-state index contributed by atoms with van der Waals surface area (Å²) in [5.74, 6) is -1.34. The van der Waals surface area contributed by atoms with Crippen molar-refractivity contribution in [3.8, 4) is 0 Å². The van der Waals surface area contributed by atoms with Crippen LogP contribution in [0.2, 0.25) is 0 Å². The lowest BCUT2D eigenvalue weighted by atomic mass is 9.89. The van der Waals surface area contributed by atoms with Gasteiger partial charge in [-0.25, -0.2) is 4.79 Å². The molecule has 1 atom stereocenters. The highest BCUT2D eigenvalue weighted by molar-refractivity contribution is 5.88. The molecule has 2 N–H and O–H groups in total. The summed E-state index contributed by atoms with van der Waals surface area (Å²) in [4.78, 5) is 24.1. The highest BCUT2D eigenvalue weighted by Crippen LogP contribution is 2.23. The van der Waals surface area contributed by atoms with Crippen LogP contribution in [0.5, 0.6) is 0 Å². The maximum absolute atomic E-state index is 12.4. The van der Waals surface area contributed by atoms with E-state index in [4.69, 9.17) is 0 Å². The van der Waals surface area contributed by atoms with E-state index >= 15 is 0 Å². The molecule has 0 aliphatic heterocycles. The molecule has 1 aromatic carbocycles. The van der Waals surface area contributed by atoms with Crippen LogP contribution < -0.4 is 5.32 Å². The molecule has 0 aromatic heterocycles. The summed E-state index contributed by atoms with van der Waals surface area (Å²) >= 11 is 0. The van der Waals surface area contributed by atoms with Crippen molar-refractivity contribution in [2.24, 2.45) is 5.92 Å². The molecule has 0 fully saturated rings. The van der Waals surface area contributed by atoms with E-state index in [9.17, 15) is 14.7 Å². The van der Waals surface area contributed by atoms with Crippen LogP contribution in [0, 0.1) is 5.92 Å². The Bertz CT molecular complexity index is 466. The van der Waals surface area contributed by atoms with Crippen molar-refractivity contribution in [3.63, 3.8) is 0 Å². The number of hydrogen-bond donors (Lipinski definition) is 2. The van der Waals surface area contributed by atoms with Gasteiger partial charge in [-0.2, -0.15) is 0 Å². The Balaban J connectivity index is 2.97. The highest BCUT2D eigenvalue weighted by atomic mass is 16.4. The van der Waals surface area contributed by atoms with Crippen LogP contribution >= 0.6 is 0 Å².